The van der Waals surface area contributed by atoms with Crippen molar-refractivity contribution in [1.82, 2.24) is 5.32 Å². The van der Waals surface area contributed by atoms with E-state index in [0.717, 1.165) is 12.8 Å². The van der Waals surface area contributed by atoms with Crippen molar-refractivity contribution >= 4 is 5.91 Å². The summed E-state index contributed by atoms with van der Waals surface area (Å²) in [5.74, 6) is 2.52. The van der Waals surface area contributed by atoms with Crippen LogP contribution in [0.1, 0.15) is 25.7 Å². The van der Waals surface area contributed by atoms with Gasteiger partial charge in [-0.25, -0.2) is 0 Å². The molecule has 0 aromatic heterocycles. The van der Waals surface area contributed by atoms with Crippen molar-refractivity contribution in [3.63, 3.8) is 0 Å². The Morgan fingerprint density at radius 1 is 1.58 bits per heavy atom. The van der Waals surface area contributed by atoms with E-state index < -0.39 is 0 Å². The molecule has 0 atom stereocenters. The van der Waals surface area contributed by atoms with Crippen LogP contribution < -0.4 is 5.32 Å². The Bertz CT molecular complexity index is 216. The van der Waals surface area contributed by atoms with E-state index in [1.807, 2.05) is 0 Å². The number of nitrogens with one attached hydrogen (secondary N) is 1. The lowest BCUT2D eigenvalue weighted by Gasteiger charge is -2.10. The van der Waals surface area contributed by atoms with Gasteiger partial charge in [0.05, 0.1) is 0 Å². The average molecular weight is 163 g/mol. The molecule has 1 aliphatic carbocycles. The van der Waals surface area contributed by atoms with Crippen molar-refractivity contribution in [2.45, 2.75) is 31.7 Å². The minimum atomic E-state index is 0.0710. The maximum absolute atomic E-state index is 11.1. The Balaban J connectivity index is 2.14. The summed E-state index contributed by atoms with van der Waals surface area (Å²) in [5.41, 5.74) is 0. The molecular weight excluding hydrogens is 150 g/mol. The zero-order valence-electron chi connectivity index (χ0n) is 7.05. The molecule has 0 saturated carbocycles. The van der Waals surface area contributed by atoms with Crippen molar-refractivity contribution in [2.24, 2.45) is 0 Å². The number of hydrogen-bond acceptors (Lipinski definition) is 1. The van der Waals surface area contributed by atoms with Crippen molar-refractivity contribution < 1.29 is 4.79 Å². The van der Waals surface area contributed by atoms with Crippen LogP contribution in [0.3, 0.4) is 0 Å². The monoisotopic (exact) mass is 163 g/mol. The van der Waals surface area contributed by atoms with Crippen molar-refractivity contribution in [3.8, 4) is 12.3 Å². The van der Waals surface area contributed by atoms with Gasteiger partial charge < -0.3 is 5.32 Å². The largest absolute Gasteiger partial charge is 0.353 e. The molecule has 0 bridgehead atoms. The normalized spacial score (nSPS) is 15.9. The molecule has 64 valence electrons. The molecular formula is C10H13NO. The lowest BCUT2D eigenvalue weighted by molar-refractivity contribution is -0.121. The summed E-state index contributed by atoms with van der Waals surface area (Å²) in [6, 6.07) is 0.315. The zero-order chi connectivity index (χ0) is 8.81. The molecule has 1 aliphatic rings. The Hall–Kier alpha value is -1.23. The van der Waals surface area contributed by atoms with Crippen molar-refractivity contribution in [1.29, 1.82) is 0 Å². The Morgan fingerprint density at radius 3 is 2.83 bits per heavy atom. The van der Waals surface area contributed by atoms with Crippen LogP contribution in [0, 0.1) is 12.3 Å². The van der Waals surface area contributed by atoms with E-state index >= 15 is 0 Å². The topological polar surface area (TPSA) is 29.1 Å². The lowest BCUT2D eigenvalue weighted by Crippen LogP contribution is -2.32. The molecule has 1 N–H and O–H groups in total. The van der Waals surface area contributed by atoms with E-state index in [9.17, 15) is 4.79 Å². The number of hydrogen-bond donors (Lipinski definition) is 1. The van der Waals surface area contributed by atoms with Crippen LogP contribution in [0.25, 0.3) is 0 Å². The predicted octanol–water partition coefficient (Wildman–Crippen LogP) is 1.23. The summed E-state index contributed by atoms with van der Waals surface area (Å²) in [7, 11) is 0. The van der Waals surface area contributed by atoms with Gasteiger partial charge in [0.15, 0.2) is 0 Å². The molecule has 0 saturated heterocycles. The van der Waals surface area contributed by atoms with Crippen LogP contribution in [0.5, 0.6) is 0 Å². The van der Waals surface area contributed by atoms with E-state index in [2.05, 4.69) is 23.4 Å². The lowest BCUT2D eigenvalue weighted by atomic mass is 10.2. The smallest absolute Gasteiger partial charge is 0.221 e. The predicted molar refractivity (Wildman–Crippen MR) is 48.4 cm³/mol. The van der Waals surface area contributed by atoms with Gasteiger partial charge in [-0.05, 0) is 12.8 Å². The maximum atomic E-state index is 11.1. The van der Waals surface area contributed by atoms with Gasteiger partial charge in [-0.1, -0.05) is 12.2 Å². The molecule has 12 heavy (non-hydrogen) atoms. The maximum Gasteiger partial charge on any atom is 0.221 e. The quantitative estimate of drug-likeness (QED) is 0.492. The van der Waals surface area contributed by atoms with Crippen LogP contribution in [-0.4, -0.2) is 11.9 Å². The second-order valence-electron chi connectivity index (χ2n) is 2.91. The Kier molecular flexibility index (Phi) is 3.40. The molecule has 0 aromatic rings. The summed E-state index contributed by atoms with van der Waals surface area (Å²) < 4.78 is 0. The Morgan fingerprint density at radius 2 is 2.25 bits per heavy atom. The highest BCUT2D eigenvalue weighted by molar-refractivity contribution is 5.76. The molecule has 0 aromatic carbocycles. The SMILES string of the molecule is C#CCCC(=O)NC1CC=CC1. The summed E-state index contributed by atoms with van der Waals surface area (Å²) in [6.45, 7) is 0. The molecule has 0 fully saturated rings. The van der Waals surface area contributed by atoms with Crippen LogP contribution in [-0.2, 0) is 4.79 Å². The fourth-order valence-corrected chi connectivity index (χ4v) is 1.22. The first kappa shape index (κ1) is 8.86. The van der Waals surface area contributed by atoms with Gasteiger partial charge in [0, 0.05) is 18.9 Å². The van der Waals surface area contributed by atoms with Gasteiger partial charge in [-0.3, -0.25) is 4.79 Å². The molecule has 1 rings (SSSR count). The standard InChI is InChI=1S/C10H13NO/c1-2-3-8-10(12)11-9-6-4-5-7-9/h1,4-5,9H,3,6-8H2,(H,11,12). The third kappa shape index (κ3) is 2.79. The molecule has 2 heteroatoms. The molecule has 0 heterocycles. The van der Waals surface area contributed by atoms with Crippen LogP contribution in [0.4, 0.5) is 0 Å². The minimum absolute atomic E-state index is 0.0710. The van der Waals surface area contributed by atoms with E-state index in [1.54, 1.807) is 0 Å². The number of terminal acetylenes is 1. The highest BCUT2D eigenvalue weighted by Crippen LogP contribution is 2.09. The van der Waals surface area contributed by atoms with Crippen molar-refractivity contribution in [2.75, 3.05) is 0 Å². The Labute approximate surface area is 73.0 Å². The van der Waals surface area contributed by atoms with Crippen molar-refractivity contribution in [3.05, 3.63) is 12.2 Å². The van der Waals surface area contributed by atoms with Gasteiger partial charge in [-0.15, -0.1) is 12.3 Å². The van der Waals surface area contributed by atoms with Gasteiger partial charge in [0.2, 0.25) is 5.91 Å². The third-order valence-electron chi connectivity index (χ3n) is 1.87. The van der Waals surface area contributed by atoms with E-state index in [1.165, 1.54) is 0 Å². The minimum Gasteiger partial charge on any atom is -0.353 e. The summed E-state index contributed by atoms with van der Waals surface area (Å²) >= 11 is 0. The van der Waals surface area contributed by atoms with Crippen LogP contribution in [0.2, 0.25) is 0 Å². The fraction of sp³-hybridized carbons (Fsp3) is 0.500. The van der Waals surface area contributed by atoms with Gasteiger partial charge in [0.1, 0.15) is 0 Å². The van der Waals surface area contributed by atoms with Gasteiger partial charge in [0.25, 0.3) is 0 Å². The second kappa shape index (κ2) is 4.61. The number of rotatable bonds is 3. The van der Waals surface area contributed by atoms with E-state index in [-0.39, 0.29) is 5.91 Å². The van der Waals surface area contributed by atoms with Crippen LogP contribution >= 0.6 is 0 Å². The summed E-state index contributed by atoms with van der Waals surface area (Å²) in [5, 5.41) is 2.92. The number of carbonyl (C=O) groups is 1. The first-order valence-corrected chi connectivity index (χ1v) is 4.20. The third-order valence-corrected chi connectivity index (χ3v) is 1.87. The molecule has 0 aliphatic heterocycles. The molecule has 1 amide bonds. The molecule has 0 radical (unpaired) electrons. The first-order chi connectivity index (χ1) is 5.83. The first-order valence-electron chi connectivity index (χ1n) is 4.20. The van der Waals surface area contributed by atoms with Gasteiger partial charge in [-0.2, -0.15) is 0 Å². The molecule has 2 nitrogen and oxygen atoms in total. The zero-order valence-corrected chi connectivity index (χ0v) is 7.05. The highest BCUT2D eigenvalue weighted by Gasteiger charge is 2.11. The number of carbonyl (C=O) groups excluding carboxylic acids is 1. The van der Waals surface area contributed by atoms with Gasteiger partial charge >= 0.3 is 0 Å². The molecule has 0 spiro atoms. The average Bonchev–Trinajstić information content (AvgIpc) is 2.53. The fourth-order valence-electron chi connectivity index (χ4n) is 1.22. The van der Waals surface area contributed by atoms with Crippen LogP contribution in [0.15, 0.2) is 12.2 Å². The molecule has 0 unspecified atom stereocenters. The number of amides is 1. The second-order valence-corrected chi connectivity index (χ2v) is 2.91. The summed E-state index contributed by atoms with van der Waals surface area (Å²) in [4.78, 5) is 11.1. The summed E-state index contributed by atoms with van der Waals surface area (Å²) in [6.07, 6.45) is 12.1. The van der Waals surface area contributed by atoms with E-state index in [4.69, 9.17) is 6.42 Å². The van der Waals surface area contributed by atoms with E-state index in [0.29, 0.717) is 18.9 Å². The highest BCUT2D eigenvalue weighted by atomic mass is 16.1.